The van der Waals surface area contributed by atoms with Gasteiger partial charge in [-0.15, -0.1) is 0 Å². The zero-order valence-corrected chi connectivity index (χ0v) is 12.7. The largest absolute Gasteiger partial charge is 0.462 e. The van der Waals surface area contributed by atoms with Gasteiger partial charge in [-0.25, -0.2) is 4.79 Å². The number of benzene rings is 1. The van der Waals surface area contributed by atoms with E-state index in [0.717, 1.165) is 0 Å². The topological polar surface area (TPSA) is 76.4 Å². The number of hydrogen-bond acceptors (Lipinski definition) is 5. The summed E-state index contributed by atoms with van der Waals surface area (Å²) in [5, 5.41) is 9.06. The van der Waals surface area contributed by atoms with Crippen molar-refractivity contribution in [3.8, 4) is 6.07 Å². The maximum absolute atomic E-state index is 12.1. The van der Waals surface area contributed by atoms with Gasteiger partial charge in [-0.1, -0.05) is 17.7 Å². The van der Waals surface area contributed by atoms with Crippen LogP contribution >= 0.6 is 11.6 Å². The molecule has 21 heavy (non-hydrogen) atoms. The lowest BCUT2D eigenvalue weighted by atomic mass is 10.0. The molecule has 0 bridgehead atoms. The van der Waals surface area contributed by atoms with Gasteiger partial charge in [-0.05, 0) is 31.5 Å². The summed E-state index contributed by atoms with van der Waals surface area (Å²) >= 11 is 5.96. The van der Waals surface area contributed by atoms with Crippen LogP contribution in [0.15, 0.2) is 24.0 Å². The summed E-state index contributed by atoms with van der Waals surface area (Å²) in [5.74, 6) is -1.06. The van der Waals surface area contributed by atoms with Gasteiger partial charge in [0.1, 0.15) is 17.4 Å². The summed E-state index contributed by atoms with van der Waals surface area (Å²) in [7, 11) is 0. The maximum Gasteiger partial charge on any atom is 0.342 e. The number of carbonyl (C=O) groups is 2. The number of esters is 2. The third-order valence-corrected chi connectivity index (χ3v) is 2.82. The normalized spacial score (nSPS) is 11.2. The lowest BCUT2D eigenvalue weighted by Gasteiger charge is -2.12. The highest BCUT2D eigenvalue weighted by Gasteiger charge is 2.20. The van der Waals surface area contributed by atoms with Gasteiger partial charge in [-0.2, -0.15) is 5.26 Å². The number of carbonyl (C=O) groups excluding carboxylic acids is 2. The molecular weight excluding hydrogens is 294 g/mol. The molecule has 1 aromatic rings. The summed E-state index contributed by atoms with van der Waals surface area (Å²) in [6, 6.07) is 6.41. The standard InChI is InChI=1S/C15H14ClNO4/c1-4-20-15(19)14(9(2)21-10(3)18)11-5-6-12(8-17)13(16)7-11/h5-7H,4H2,1-3H3/b14-9+. The molecule has 0 saturated carbocycles. The Morgan fingerprint density at radius 3 is 2.48 bits per heavy atom. The van der Waals surface area contributed by atoms with Crippen molar-refractivity contribution in [1.82, 2.24) is 0 Å². The molecule has 110 valence electrons. The summed E-state index contributed by atoms with van der Waals surface area (Å²) in [5.41, 5.74) is 0.795. The van der Waals surface area contributed by atoms with Crippen molar-refractivity contribution < 1.29 is 19.1 Å². The number of nitriles is 1. The number of nitrogens with zero attached hydrogens (tertiary/aromatic N) is 1. The lowest BCUT2D eigenvalue weighted by molar-refractivity contribution is -0.137. The van der Waals surface area contributed by atoms with E-state index in [9.17, 15) is 9.59 Å². The Bertz CT molecular complexity index is 644. The van der Waals surface area contributed by atoms with Crippen LogP contribution in [0.25, 0.3) is 5.57 Å². The quantitative estimate of drug-likeness (QED) is 0.485. The monoisotopic (exact) mass is 307 g/mol. The van der Waals surface area contributed by atoms with Crippen LogP contribution < -0.4 is 0 Å². The van der Waals surface area contributed by atoms with Crippen LogP contribution in [-0.4, -0.2) is 18.5 Å². The molecule has 0 atom stereocenters. The molecule has 0 aromatic heterocycles. The van der Waals surface area contributed by atoms with Gasteiger partial charge in [0.25, 0.3) is 0 Å². The average molecular weight is 308 g/mol. The van der Waals surface area contributed by atoms with Crippen LogP contribution in [0, 0.1) is 11.3 Å². The first-order chi connectivity index (χ1) is 9.90. The Morgan fingerprint density at radius 2 is 2.00 bits per heavy atom. The van der Waals surface area contributed by atoms with Gasteiger partial charge < -0.3 is 9.47 Å². The van der Waals surface area contributed by atoms with Gasteiger partial charge in [0, 0.05) is 6.92 Å². The third-order valence-electron chi connectivity index (χ3n) is 2.51. The van der Waals surface area contributed by atoms with Crippen LogP contribution in [0.5, 0.6) is 0 Å². The van der Waals surface area contributed by atoms with E-state index >= 15 is 0 Å². The number of halogens is 1. The van der Waals surface area contributed by atoms with Crippen molar-refractivity contribution >= 4 is 29.1 Å². The minimum Gasteiger partial charge on any atom is -0.462 e. The zero-order chi connectivity index (χ0) is 16.0. The lowest BCUT2D eigenvalue weighted by Crippen LogP contribution is -2.11. The molecule has 0 amide bonds. The third kappa shape index (κ3) is 4.33. The molecule has 0 radical (unpaired) electrons. The van der Waals surface area contributed by atoms with Crippen molar-refractivity contribution in [2.24, 2.45) is 0 Å². The van der Waals surface area contributed by atoms with Gasteiger partial charge >= 0.3 is 11.9 Å². The smallest absolute Gasteiger partial charge is 0.342 e. The van der Waals surface area contributed by atoms with E-state index in [0.29, 0.717) is 5.56 Å². The number of allylic oxidation sites excluding steroid dienone is 1. The van der Waals surface area contributed by atoms with E-state index < -0.39 is 11.9 Å². The van der Waals surface area contributed by atoms with Gasteiger partial charge in [0.15, 0.2) is 0 Å². The highest BCUT2D eigenvalue weighted by atomic mass is 35.5. The molecule has 0 heterocycles. The summed E-state index contributed by atoms with van der Waals surface area (Å²) in [4.78, 5) is 23.1. The van der Waals surface area contributed by atoms with E-state index in [1.807, 2.05) is 6.07 Å². The first-order valence-electron chi connectivity index (χ1n) is 6.17. The average Bonchev–Trinajstić information content (AvgIpc) is 2.38. The Balaban J connectivity index is 3.37. The molecular formula is C15H14ClNO4. The molecule has 0 unspecified atom stereocenters. The second-order valence-corrected chi connectivity index (χ2v) is 4.46. The second kappa shape index (κ2) is 7.46. The van der Waals surface area contributed by atoms with Crippen LogP contribution in [0.3, 0.4) is 0 Å². The molecule has 0 saturated heterocycles. The second-order valence-electron chi connectivity index (χ2n) is 4.05. The van der Waals surface area contributed by atoms with Crippen molar-refractivity contribution in [2.75, 3.05) is 6.61 Å². The molecule has 0 fully saturated rings. The number of ether oxygens (including phenoxy) is 2. The SMILES string of the molecule is CCOC(=O)/C(=C(\C)OC(C)=O)c1ccc(C#N)c(Cl)c1. The fraction of sp³-hybridized carbons (Fsp3) is 0.267. The van der Waals surface area contributed by atoms with Gasteiger partial charge in [0.05, 0.1) is 17.2 Å². The molecule has 0 aliphatic carbocycles. The fourth-order valence-electron chi connectivity index (χ4n) is 1.70. The molecule has 6 heteroatoms. The van der Waals surface area contributed by atoms with Gasteiger partial charge in [0.2, 0.25) is 0 Å². The number of hydrogen-bond donors (Lipinski definition) is 0. The predicted molar refractivity (Wildman–Crippen MR) is 77.2 cm³/mol. The Morgan fingerprint density at radius 1 is 1.33 bits per heavy atom. The molecule has 5 nitrogen and oxygen atoms in total. The van der Waals surface area contributed by atoms with Gasteiger partial charge in [-0.3, -0.25) is 4.79 Å². The fourth-order valence-corrected chi connectivity index (χ4v) is 1.92. The molecule has 0 aliphatic heterocycles. The molecule has 0 N–H and O–H groups in total. The highest BCUT2D eigenvalue weighted by molar-refractivity contribution is 6.32. The predicted octanol–water partition coefficient (Wildman–Crippen LogP) is 3.07. The van der Waals surface area contributed by atoms with Crippen LogP contribution in [0.4, 0.5) is 0 Å². The van der Waals surface area contributed by atoms with Crippen LogP contribution in [-0.2, 0) is 19.1 Å². The Kier molecular flexibility index (Phi) is 5.94. The summed E-state index contributed by atoms with van der Waals surface area (Å²) < 4.78 is 9.92. The first-order valence-corrected chi connectivity index (χ1v) is 6.54. The van der Waals surface area contributed by atoms with Crippen molar-refractivity contribution in [3.63, 3.8) is 0 Å². The van der Waals surface area contributed by atoms with E-state index in [-0.39, 0.29) is 28.5 Å². The zero-order valence-electron chi connectivity index (χ0n) is 11.9. The Hall–Kier alpha value is -2.32. The maximum atomic E-state index is 12.1. The van der Waals surface area contributed by atoms with E-state index in [2.05, 4.69) is 0 Å². The van der Waals surface area contributed by atoms with Crippen molar-refractivity contribution in [3.05, 3.63) is 40.1 Å². The minimum absolute atomic E-state index is 0.0958. The van der Waals surface area contributed by atoms with E-state index in [1.165, 1.54) is 26.0 Å². The molecule has 0 spiro atoms. The summed E-state index contributed by atoms with van der Waals surface area (Å²) in [6.45, 7) is 4.57. The van der Waals surface area contributed by atoms with Crippen LogP contribution in [0.1, 0.15) is 31.9 Å². The number of rotatable bonds is 4. The van der Waals surface area contributed by atoms with Crippen molar-refractivity contribution in [1.29, 1.82) is 5.26 Å². The minimum atomic E-state index is -0.628. The van der Waals surface area contributed by atoms with E-state index in [1.54, 1.807) is 13.0 Å². The Labute approximate surface area is 127 Å². The van der Waals surface area contributed by atoms with E-state index in [4.69, 9.17) is 26.3 Å². The molecule has 1 aromatic carbocycles. The summed E-state index contributed by atoms with van der Waals surface area (Å²) in [6.07, 6.45) is 0. The van der Waals surface area contributed by atoms with Crippen LogP contribution in [0.2, 0.25) is 5.02 Å². The molecule has 1 rings (SSSR count). The first kappa shape index (κ1) is 16.7. The van der Waals surface area contributed by atoms with Crippen molar-refractivity contribution in [2.45, 2.75) is 20.8 Å². The highest BCUT2D eigenvalue weighted by Crippen LogP contribution is 2.26. The molecule has 0 aliphatic rings.